The zero-order valence-electron chi connectivity index (χ0n) is 12.4. The van der Waals surface area contributed by atoms with E-state index in [1.807, 2.05) is 0 Å². The predicted octanol–water partition coefficient (Wildman–Crippen LogP) is 2.42. The standard InChI is InChI=1S/C15H28N4/c1-3-5-8-19-12-14(4-2)17-15(19)18-9-6-7-13(10-16)11-18/h12-13H,3-11,16H2,1-2H3. The summed E-state index contributed by atoms with van der Waals surface area (Å²) in [5.74, 6) is 1.80. The van der Waals surface area contributed by atoms with Crippen molar-refractivity contribution >= 4 is 5.95 Å². The van der Waals surface area contributed by atoms with Crippen molar-refractivity contribution in [2.24, 2.45) is 11.7 Å². The average molecular weight is 264 g/mol. The second-order valence-electron chi connectivity index (χ2n) is 5.62. The molecular formula is C15H28N4. The second-order valence-corrected chi connectivity index (χ2v) is 5.62. The normalized spacial score (nSPS) is 19.9. The highest BCUT2D eigenvalue weighted by Gasteiger charge is 2.22. The molecule has 0 amide bonds. The van der Waals surface area contributed by atoms with Crippen molar-refractivity contribution in [1.29, 1.82) is 0 Å². The Hall–Kier alpha value is -1.03. The fraction of sp³-hybridized carbons (Fsp3) is 0.800. The topological polar surface area (TPSA) is 47.1 Å². The molecule has 1 aromatic rings. The molecule has 108 valence electrons. The van der Waals surface area contributed by atoms with Gasteiger partial charge in [0.25, 0.3) is 0 Å². The van der Waals surface area contributed by atoms with Gasteiger partial charge in [-0.1, -0.05) is 20.3 Å². The minimum atomic E-state index is 0.634. The summed E-state index contributed by atoms with van der Waals surface area (Å²) in [5, 5.41) is 0. The molecule has 1 atom stereocenters. The van der Waals surface area contributed by atoms with Crippen LogP contribution in [0.15, 0.2) is 6.20 Å². The molecule has 2 heterocycles. The van der Waals surface area contributed by atoms with Crippen LogP contribution in [-0.2, 0) is 13.0 Å². The van der Waals surface area contributed by atoms with Gasteiger partial charge in [-0.3, -0.25) is 0 Å². The summed E-state index contributed by atoms with van der Waals surface area (Å²) in [4.78, 5) is 7.26. The first-order valence-corrected chi connectivity index (χ1v) is 7.79. The third-order valence-corrected chi connectivity index (χ3v) is 4.06. The van der Waals surface area contributed by atoms with Crippen LogP contribution in [0.4, 0.5) is 5.95 Å². The summed E-state index contributed by atoms with van der Waals surface area (Å²) >= 11 is 0. The van der Waals surface area contributed by atoms with Gasteiger partial charge in [0.2, 0.25) is 5.95 Å². The highest BCUT2D eigenvalue weighted by atomic mass is 15.3. The zero-order valence-corrected chi connectivity index (χ0v) is 12.4. The fourth-order valence-corrected chi connectivity index (χ4v) is 2.81. The minimum absolute atomic E-state index is 0.634. The molecular weight excluding hydrogens is 236 g/mol. The molecule has 1 unspecified atom stereocenters. The average Bonchev–Trinajstić information content (AvgIpc) is 2.88. The van der Waals surface area contributed by atoms with Gasteiger partial charge in [-0.2, -0.15) is 0 Å². The molecule has 19 heavy (non-hydrogen) atoms. The largest absolute Gasteiger partial charge is 0.342 e. The molecule has 1 aliphatic rings. The molecule has 0 radical (unpaired) electrons. The van der Waals surface area contributed by atoms with Crippen LogP contribution in [0.3, 0.4) is 0 Å². The van der Waals surface area contributed by atoms with Gasteiger partial charge in [0.1, 0.15) is 0 Å². The van der Waals surface area contributed by atoms with E-state index in [1.165, 1.54) is 37.3 Å². The Kier molecular flexibility index (Phi) is 5.25. The van der Waals surface area contributed by atoms with Crippen molar-refractivity contribution in [1.82, 2.24) is 9.55 Å². The lowest BCUT2D eigenvalue weighted by Gasteiger charge is -2.33. The summed E-state index contributed by atoms with van der Waals surface area (Å²) in [7, 11) is 0. The smallest absolute Gasteiger partial charge is 0.205 e. The fourth-order valence-electron chi connectivity index (χ4n) is 2.81. The summed E-state index contributed by atoms with van der Waals surface area (Å²) in [6.07, 6.45) is 8.20. The molecule has 1 aromatic heterocycles. The van der Waals surface area contributed by atoms with E-state index in [-0.39, 0.29) is 0 Å². The number of imidazole rings is 1. The Morgan fingerprint density at radius 2 is 2.26 bits per heavy atom. The maximum Gasteiger partial charge on any atom is 0.205 e. The molecule has 0 bridgehead atoms. The monoisotopic (exact) mass is 264 g/mol. The molecule has 4 nitrogen and oxygen atoms in total. The summed E-state index contributed by atoms with van der Waals surface area (Å²) in [5.41, 5.74) is 7.05. The van der Waals surface area contributed by atoms with Crippen molar-refractivity contribution in [3.63, 3.8) is 0 Å². The van der Waals surface area contributed by atoms with Crippen LogP contribution in [-0.4, -0.2) is 29.2 Å². The SMILES string of the molecule is CCCCn1cc(CC)nc1N1CCCC(CN)C1. The van der Waals surface area contributed by atoms with Crippen LogP contribution in [0.1, 0.15) is 45.2 Å². The zero-order chi connectivity index (χ0) is 13.7. The highest BCUT2D eigenvalue weighted by molar-refractivity contribution is 5.34. The molecule has 0 aromatic carbocycles. The highest BCUT2D eigenvalue weighted by Crippen LogP contribution is 2.23. The van der Waals surface area contributed by atoms with Gasteiger partial charge in [-0.25, -0.2) is 4.98 Å². The Labute approximate surface area is 117 Å². The van der Waals surface area contributed by atoms with Gasteiger partial charge in [-0.05, 0) is 38.1 Å². The van der Waals surface area contributed by atoms with Crippen molar-refractivity contribution < 1.29 is 0 Å². The maximum atomic E-state index is 5.84. The molecule has 2 N–H and O–H groups in total. The van der Waals surface area contributed by atoms with Crippen molar-refractivity contribution in [2.75, 3.05) is 24.5 Å². The summed E-state index contributed by atoms with van der Waals surface area (Å²) < 4.78 is 2.35. The molecule has 0 aliphatic carbocycles. The third-order valence-electron chi connectivity index (χ3n) is 4.06. The quantitative estimate of drug-likeness (QED) is 0.858. The number of hydrogen-bond acceptors (Lipinski definition) is 3. The number of anilines is 1. The van der Waals surface area contributed by atoms with E-state index < -0.39 is 0 Å². The van der Waals surface area contributed by atoms with Crippen molar-refractivity contribution in [3.8, 4) is 0 Å². The first-order chi connectivity index (χ1) is 9.28. The van der Waals surface area contributed by atoms with Crippen molar-refractivity contribution in [2.45, 2.75) is 52.5 Å². The van der Waals surface area contributed by atoms with Crippen LogP contribution in [0, 0.1) is 5.92 Å². The number of aromatic nitrogens is 2. The molecule has 1 aliphatic heterocycles. The van der Waals surface area contributed by atoms with Gasteiger partial charge in [0.05, 0.1) is 5.69 Å². The Morgan fingerprint density at radius 1 is 1.42 bits per heavy atom. The van der Waals surface area contributed by atoms with E-state index in [4.69, 9.17) is 10.7 Å². The Balaban J connectivity index is 2.14. The Morgan fingerprint density at radius 3 is 2.95 bits per heavy atom. The van der Waals surface area contributed by atoms with Gasteiger partial charge >= 0.3 is 0 Å². The van der Waals surface area contributed by atoms with E-state index in [0.29, 0.717) is 5.92 Å². The molecule has 0 saturated carbocycles. The lowest BCUT2D eigenvalue weighted by atomic mass is 9.99. The summed E-state index contributed by atoms with van der Waals surface area (Å²) in [6, 6.07) is 0. The van der Waals surface area contributed by atoms with E-state index in [1.54, 1.807) is 0 Å². The van der Waals surface area contributed by atoms with E-state index in [2.05, 4.69) is 29.5 Å². The molecule has 2 rings (SSSR count). The van der Waals surface area contributed by atoms with Crippen LogP contribution in [0.25, 0.3) is 0 Å². The van der Waals surface area contributed by atoms with E-state index in [0.717, 1.165) is 32.6 Å². The third kappa shape index (κ3) is 3.50. The number of nitrogens with two attached hydrogens (primary N) is 1. The first kappa shape index (κ1) is 14.4. The molecule has 1 saturated heterocycles. The van der Waals surface area contributed by atoms with Gasteiger partial charge in [0, 0.05) is 25.8 Å². The first-order valence-electron chi connectivity index (χ1n) is 7.79. The Bertz CT molecular complexity index is 385. The van der Waals surface area contributed by atoms with Crippen molar-refractivity contribution in [3.05, 3.63) is 11.9 Å². The maximum absolute atomic E-state index is 5.84. The van der Waals surface area contributed by atoms with E-state index >= 15 is 0 Å². The van der Waals surface area contributed by atoms with Crippen LogP contribution in [0.2, 0.25) is 0 Å². The number of rotatable bonds is 6. The number of aryl methyl sites for hydroxylation is 2. The van der Waals surface area contributed by atoms with Crippen LogP contribution < -0.4 is 10.6 Å². The number of hydrogen-bond donors (Lipinski definition) is 1. The lowest BCUT2D eigenvalue weighted by Crippen LogP contribution is -2.39. The van der Waals surface area contributed by atoms with Crippen LogP contribution >= 0.6 is 0 Å². The van der Waals surface area contributed by atoms with Crippen LogP contribution in [0.5, 0.6) is 0 Å². The van der Waals surface area contributed by atoms with Gasteiger partial charge in [-0.15, -0.1) is 0 Å². The number of nitrogens with zero attached hydrogens (tertiary/aromatic N) is 3. The molecule has 4 heteroatoms. The van der Waals surface area contributed by atoms with E-state index in [9.17, 15) is 0 Å². The van der Waals surface area contributed by atoms with Gasteiger partial charge < -0.3 is 15.2 Å². The number of unbranched alkanes of at least 4 members (excludes halogenated alkanes) is 1. The summed E-state index contributed by atoms with van der Waals surface area (Å²) in [6.45, 7) is 8.50. The minimum Gasteiger partial charge on any atom is -0.342 e. The number of piperidine rings is 1. The predicted molar refractivity (Wildman–Crippen MR) is 80.5 cm³/mol. The second kappa shape index (κ2) is 6.94. The molecule has 1 fully saturated rings. The van der Waals surface area contributed by atoms with Gasteiger partial charge in [0.15, 0.2) is 0 Å². The molecule has 0 spiro atoms. The lowest BCUT2D eigenvalue weighted by molar-refractivity contribution is 0.415.